The van der Waals surface area contributed by atoms with Crippen molar-refractivity contribution in [3.05, 3.63) is 18.7 Å². The number of nitrogens with zero attached hydrogens (tertiary/aromatic N) is 3. The summed E-state index contributed by atoms with van der Waals surface area (Å²) in [6.45, 7) is 8.37. The summed E-state index contributed by atoms with van der Waals surface area (Å²) in [5, 5.41) is 3.23. The normalized spacial score (nSPS) is 25.1. The van der Waals surface area contributed by atoms with Gasteiger partial charge in [-0.1, -0.05) is 26.7 Å². The van der Waals surface area contributed by atoms with E-state index in [1.165, 1.54) is 25.7 Å². The van der Waals surface area contributed by atoms with Crippen molar-refractivity contribution in [1.29, 1.82) is 0 Å². The van der Waals surface area contributed by atoms with Gasteiger partial charge in [0.05, 0.1) is 6.33 Å². The minimum atomic E-state index is -0.490. The van der Waals surface area contributed by atoms with Crippen molar-refractivity contribution >= 4 is 5.91 Å². The van der Waals surface area contributed by atoms with Gasteiger partial charge in [0.25, 0.3) is 0 Å². The third-order valence-corrected chi connectivity index (χ3v) is 5.89. The van der Waals surface area contributed by atoms with E-state index >= 15 is 0 Å². The van der Waals surface area contributed by atoms with Crippen LogP contribution in [-0.4, -0.2) is 46.5 Å². The summed E-state index contributed by atoms with van der Waals surface area (Å²) in [5.41, 5.74) is -0.490. The summed E-state index contributed by atoms with van der Waals surface area (Å²) in [4.78, 5) is 19.8. The summed E-state index contributed by atoms with van der Waals surface area (Å²) >= 11 is 0. The van der Waals surface area contributed by atoms with Crippen molar-refractivity contribution in [1.82, 2.24) is 19.8 Å². The molecule has 1 aliphatic carbocycles. The van der Waals surface area contributed by atoms with E-state index in [1.807, 2.05) is 17.1 Å². The zero-order valence-corrected chi connectivity index (χ0v) is 15.2. The van der Waals surface area contributed by atoms with Crippen LogP contribution in [0.15, 0.2) is 18.7 Å². The fraction of sp³-hybridized carbons (Fsp3) is 0.789. The van der Waals surface area contributed by atoms with Crippen molar-refractivity contribution in [2.45, 2.75) is 57.9 Å². The molecule has 5 heteroatoms. The Morgan fingerprint density at radius 3 is 2.79 bits per heavy atom. The minimum absolute atomic E-state index is 0.182. The van der Waals surface area contributed by atoms with Gasteiger partial charge in [0, 0.05) is 32.0 Å². The molecular weight excluding hydrogens is 300 g/mol. The summed E-state index contributed by atoms with van der Waals surface area (Å²) in [6, 6.07) is 0. The fourth-order valence-electron chi connectivity index (χ4n) is 3.94. The lowest BCUT2D eigenvalue weighted by atomic mass is 9.86. The second-order valence-corrected chi connectivity index (χ2v) is 7.68. The maximum atomic E-state index is 13.1. The molecule has 0 aromatic carbocycles. The predicted octanol–water partition coefficient (Wildman–Crippen LogP) is 2.64. The number of hydrogen-bond acceptors (Lipinski definition) is 3. The Hall–Kier alpha value is -1.36. The number of likely N-dealkylation sites (tertiary alicyclic amines) is 1. The van der Waals surface area contributed by atoms with Gasteiger partial charge in [0.15, 0.2) is 0 Å². The van der Waals surface area contributed by atoms with Crippen molar-refractivity contribution in [3.63, 3.8) is 0 Å². The molecule has 1 saturated heterocycles. The van der Waals surface area contributed by atoms with Crippen molar-refractivity contribution < 1.29 is 4.79 Å². The average molecular weight is 332 g/mol. The maximum absolute atomic E-state index is 13.1. The largest absolute Gasteiger partial charge is 0.354 e. The Morgan fingerprint density at radius 1 is 1.38 bits per heavy atom. The molecule has 3 rings (SSSR count). The zero-order valence-electron chi connectivity index (χ0n) is 15.2. The molecule has 1 saturated carbocycles. The van der Waals surface area contributed by atoms with Gasteiger partial charge in [-0.3, -0.25) is 4.79 Å². The van der Waals surface area contributed by atoms with E-state index in [0.29, 0.717) is 5.92 Å². The van der Waals surface area contributed by atoms with Crippen LogP contribution in [0.3, 0.4) is 0 Å². The van der Waals surface area contributed by atoms with Crippen LogP contribution < -0.4 is 5.32 Å². The highest BCUT2D eigenvalue weighted by molar-refractivity contribution is 5.85. The molecule has 134 valence electrons. The highest BCUT2D eigenvalue weighted by Gasteiger charge is 2.44. The number of nitrogens with one attached hydrogen (secondary N) is 1. The first-order chi connectivity index (χ1) is 11.7. The second-order valence-electron chi connectivity index (χ2n) is 7.68. The standard InChI is InChI=1S/C19H32N4O/c1-3-16(4-2)13-22-10-5-8-19(14-22,23-11-9-20-15-23)18(24)21-12-17-6-7-17/h9,11,15-17H,3-8,10,12-14H2,1-2H3,(H,21,24). The SMILES string of the molecule is CCC(CC)CN1CCCC(C(=O)NCC2CC2)(n2ccnc2)C1. The monoisotopic (exact) mass is 332 g/mol. The van der Waals surface area contributed by atoms with E-state index in [0.717, 1.165) is 44.9 Å². The molecule has 24 heavy (non-hydrogen) atoms. The lowest BCUT2D eigenvalue weighted by Crippen LogP contribution is -2.58. The van der Waals surface area contributed by atoms with Crippen molar-refractivity contribution in [2.75, 3.05) is 26.2 Å². The average Bonchev–Trinajstić information content (AvgIpc) is 3.27. The summed E-state index contributed by atoms with van der Waals surface area (Å²) in [5.74, 6) is 1.61. The van der Waals surface area contributed by atoms with Gasteiger partial charge in [0.1, 0.15) is 5.54 Å². The highest BCUT2D eigenvalue weighted by Crippen LogP contribution is 2.32. The molecule has 1 aliphatic heterocycles. The molecule has 2 aliphatic rings. The highest BCUT2D eigenvalue weighted by atomic mass is 16.2. The molecule has 1 unspecified atom stereocenters. The second kappa shape index (κ2) is 7.68. The topological polar surface area (TPSA) is 50.2 Å². The van der Waals surface area contributed by atoms with E-state index < -0.39 is 5.54 Å². The van der Waals surface area contributed by atoms with Crippen LogP contribution in [0.4, 0.5) is 0 Å². The van der Waals surface area contributed by atoms with Gasteiger partial charge in [0.2, 0.25) is 5.91 Å². The number of piperidine rings is 1. The van der Waals surface area contributed by atoms with Crippen LogP contribution in [0, 0.1) is 11.8 Å². The van der Waals surface area contributed by atoms with Crippen LogP contribution in [0.1, 0.15) is 52.4 Å². The molecule has 0 spiro atoms. The lowest BCUT2D eigenvalue weighted by molar-refractivity contribution is -0.133. The summed E-state index contributed by atoms with van der Waals surface area (Å²) in [7, 11) is 0. The molecule has 0 bridgehead atoms. The van der Waals surface area contributed by atoms with Gasteiger partial charge in [-0.2, -0.15) is 0 Å². The number of carbonyl (C=O) groups is 1. The van der Waals surface area contributed by atoms with Crippen molar-refractivity contribution in [3.8, 4) is 0 Å². The molecule has 2 fully saturated rings. The van der Waals surface area contributed by atoms with Crippen LogP contribution in [0.25, 0.3) is 0 Å². The first kappa shape index (κ1) is 17.5. The maximum Gasteiger partial charge on any atom is 0.247 e. The van der Waals surface area contributed by atoms with E-state index in [2.05, 4.69) is 29.0 Å². The Labute approximate surface area is 145 Å². The third kappa shape index (κ3) is 3.82. The molecule has 1 aromatic heterocycles. The number of rotatable bonds is 8. The van der Waals surface area contributed by atoms with Gasteiger partial charge in [-0.25, -0.2) is 4.98 Å². The number of imidazole rings is 1. The van der Waals surface area contributed by atoms with Gasteiger partial charge >= 0.3 is 0 Å². The van der Waals surface area contributed by atoms with E-state index in [-0.39, 0.29) is 5.91 Å². The first-order valence-electron chi connectivity index (χ1n) is 9.67. The molecule has 1 aromatic rings. The Kier molecular flexibility index (Phi) is 5.59. The van der Waals surface area contributed by atoms with E-state index in [9.17, 15) is 4.79 Å². The first-order valence-corrected chi connectivity index (χ1v) is 9.67. The number of aromatic nitrogens is 2. The number of amides is 1. The molecular formula is C19H32N4O. The van der Waals surface area contributed by atoms with Gasteiger partial charge in [-0.05, 0) is 44.1 Å². The van der Waals surface area contributed by atoms with Crippen LogP contribution in [-0.2, 0) is 10.3 Å². The summed E-state index contributed by atoms with van der Waals surface area (Å²) < 4.78 is 2.05. The lowest BCUT2D eigenvalue weighted by Gasteiger charge is -2.43. The molecule has 2 heterocycles. The molecule has 1 atom stereocenters. The molecule has 0 radical (unpaired) electrons. The van der Waals surface area contributed by atoms with E-state index in [4.69, 9.17) is 0 Å². The Bertz CT molecular complexity index is 521. The quantitative estimate of drug-likeness (QED) is 0.796. The molecule has 5 nitrogen and oxygen atoms in total. The Balaban J connectivity index is 1.74. The minimum Gasteiger partial charge on any atom is -0.354 e. The fourth-order valence-corrected chi connectivity index (χ4v) is 3.94. The van der Waals surface area contributed by atoms with Crippen LogP contribution in [0.5, 0.6) is 0 Å². The number of carbonyl (C=O) groups excluding carboxylic acids is 1. The van der Waals surface area contributed by atoms with Crippen LogP contribution in [0.2, 0.25) is 0 Å². The van der Waals surface area contributed by atoms with Gasteiger partial charge in [-0.15, -0.1) is 0 Å². The van der Waals surface area contributed by atoms with Gasteiger partial charge < -0.3 is 14.8 Å². The molecule has 1 amide bonds. The Morgan fingerprint density at radius 2 is 2.17 bits per heavy atom. The predicted molar refractivity (Wildman–Crippen MR) is 95.7 cm³/mol. The third-order valence-electron chi connectivity index (χ3n) is 5.89. The summed E-state index contributed by atoms with van der Waals surface area (Å²) in [6.07, 6.45) is 12.5. The van der Waals surface area contributed by atoms with Crippen LogP contribution >= 0.6 is 0 Å². The zero-order chi connectivity index (χ0) is 17.0. The smallest absolute Gasteiger partial charge is 0.247 e. The van der Waals surface area contributed by atoms with E-state index in [1.54, 1.807) is 6.20 Å². The number of hydrogen-bond donors (Lipinski definition) is 1. The molecule has 1 N–H and O–H groups in total. The van der Waals surface area contributed by atoms with Crippen molar-refractivity contribution in [2.24, 2.45) is 11.8 Å².